The topological polar surface area (TPSA) is 92.4 Å². The van der Waals surface area contributed by atoms with Gasteiger partial charge in [0, 0.05) is 5.56 Å². The van der Waals surface area contributed by atoms with Crippen LogP contribution in [0.5, 0.6) is 5.75 Å². The SMILES string of the molecule is NC(=O)C1(NC(=O)c2ccc(F)c(O)c2)CCCCCC1. The number of benzene rings is 1. The van der Waals surface area contributed by atoms with E-state index in [9.17, 15) is 19.1 Å². The molecule has 1 aromatic rings. The molecule has 0 saturated heterocycles. The first-order valence-corrected chi connectivity index (χ1v) is 7.05. The summed E-state index contributed by atoms with van der Waals surface area (Å²) >= 11 is 0. The molecule has 0 spiro atoms. The molecule has 1 saturated carbocycles. The molecular weight excluding hydrogens is 275 g/mol. The number of primary amides is 1. The van der Waals surface area contributed by atoms with Gasteiger partial charge in [-0.3, -0.25) is 9.59 Å². The highest BCUT2D eigenvalue weighted by atomic mass is 19.1. The van der Waals surface area contributed by atoms with Crippen molar-refractivity contribution in [2.45, 2.75) is 44.1 Å². The third-order valence-electron chi connectivity index (χ3n) is 3.99. The molecule has 0 heterocycles. The largest absolute Gasteiger partial charge is 0.505 e. The Hall–Kier alpha value is -2.11. The number of nitrogens with one attached hydrogen (secondary N) is 1. The molecule has 0 aromatic heterocycles. The normalized spacial score (nSPS) is 17.8. The number of halogens is 1. The third-order valence-corrected chi connectivity index (χ3v) is 3.99. The number of carbonyl (C=O) groups is 2. The van der Waals surface area contributed by atoms with Gasteiger partial charge in [0.15, 0.2) is 11.6 Å². The van der Waals surface area contributed by atoms with Crippen LogP contribution in [0.2, 0.25) is 0 Å². The first kappa shape index (κ1) is 15.3. The molecule has 114 valence electrons. The Morgan fingerprint density at radius 3 is 2.33 bits per heavy atom. The van der Waals surface area contributed by atoms with Crippen LogP contribution in [0, 0.1) is 5.82 Å². The molecule has 0 unspecified atom stereocenters. The zero-order chi connectivity index (χ0) is 15.5. The number of hydrogen-bond donors (Lipinski definition) is 3. The second-order valence-corrected chi connectivity index (χ2v) is 5.48. The van der Waals surface area contributed by atoms with Crippen molar-refractivity contribution in [1.29, 1.82) is 0 Å². The van der Waals surface area contributed by atoms with Crippen molar-refractivity contribution < 1.29 is 19.1 Å². The quantitative estimate of drug-likeness (QED) is 0.743. The van der Waals surface area contributed by atoms with Gasteiger partial charge in [-0.15, -0.1) is 0 Å². The van der Waals surface area contributed by atoms with Crippen molar-refractivity contribution in [1.82, 2.24) is 5.32 Å². The average molecular weight is 294 g/mol. The molecule has 1 aliphatic rings. The van der Waals surface area contributed by atoms with Gasteiger partial charge >= 0.3 is 0 Å². The van der Waals surface area contributed by atoms with Crippen molar-refractivity contribution >= 4 is 11.8 Å². The van der Waals surface area contributed by atoms with Crippen LogP contribution < -0.4 is 11.1 Å². The van der Waals surface area contributed by atoms with Crippen molar-refractivity contribution in [3.63, 3.8) is 0 Å². The van der Waals surface area contributed by atoms with Gasteiger partial charge < -0.3 is 16.2 Å². The second kappa shape index (κ2) is 6.11. The molecule has 4 N–H and O–H groups in total. The van der Waals surface area contributed by atoms with Gasteiger partial charge in [-0.05, 0) is 31.0 Å². The molecule has 0 atom stereocenters. The fourth-order valence-electron chi connectivity index (χ4n) is 2.71. The van der Waals surface area contributed by atoms with E-state index in [1.54, 1.807) is 0 Å². The maximum Gasteiger partial charge on any atom is 0.252 e. The molecule has 1 fully saturated rings. The highest BCUT2D eigenvalue weighted by Crippen LogP contribution is 2.27. The van der Waals surface area contributed by atoms with Crippen LogP contribution in [0.15, 0.2) is 18.2 Å². The van der Waals surface area contributed by atoms with Crippen molar-refractivity contribution in [2.75, 3.05) is 0 Å². The maximum absolute atomic E-state index is 13.0. The van der Waals surface area contributed by atoms with Gasteiger partial charge in [0.2, 0.25) is 5.91 Å². The fraction of sp³-hybridized carbons (Fsp3) is 0.467. The number of carbonyl (C=O) groups excluding carboxylic acids is 2. The summed E-state index contributed by atoms with van der Waals surface area (Å²) in [7, 11) is 0. The smallest absolute Gasteiger partial charge is 0.252 e. The van der Waals surface area contributed by atoms with Gasteiger partial charge in [0.05, 0.1) is 0 Å². The molecule has 2 rings (SSSR count). The Labute approximate surface area is 122 Å². The predicted molar refractivity (Wildman–Crippen MR) is 75.2 cm³/mol. The van der Waals surface area contributed by atoms with Crippen LogP contribution in [-0.4, -0.2) is 22.5 Å². The highest BCUT2D eigenvalue weighted by molar-refractivity contribution is 5.99. The summed E-state index contributed by atoms with van der Waals surface area (Å²) in [6, 6.07) is 3.31. The van der Waals surface area contributed by atoms with Crippen LogP contribution >= 0.6 is 0 Å². The van der Waals surface area contributed by atoms with Gasteiger partial charge in [-0.25, -0.2) is 4.39 Å². The number of nitrogens with two attached hydrogens (primary N) is 1. The molecule has 6 heteroatoms. The summed E-state index contributed by atoms with van der Waals surface area (Å²) in [5.74, 6) is -2.49. The minimum Gasteiger partial charge on any atom is -0.505 e. The minimum atomic E-state index is -1.06. The monoisotopic (exact) mass is 294 g/mol. The zero-order valence-electron chi connectivity index (χ0n) is 11.7. The van der Waals surface area contributed by atoms with Crippen molar-refractivity contribution in [3.8, 4) is 5.75 Å². The summed E-state index contributed by atoms with van der Waals surface area (Å²) in [6.07, 6.45) is 4.64. The second-order valence-electron chi connectivity index (χ2n) is 5.48. The number of phenolic OH excluding ortho intramolecular Hbond substituents is 1. The lowest BCUT2D eigenvalue weighted by Gasteiger charge is -2.30. The van der Waals surface area contributed by atoms with E-state index in [-0.39, 0.29) is 5.56 Å². The van der Waals surface area contributed by atoms with E-state index in [0.29, 0.717) is 12.8 Å². The number of aromatic hydroxyl groups is 1. The van der Waals surface area contributed by atoms with Gasteiger partial charge in [0.25, 0.3) is 5.91 Å². The Kier molecular flexibility index (Phi) is 4.45. The predicted octanol–water partition coefficient (Wildman–Crippen LogP) is 1.84. The number of rotatable bonds is 3. The third kappa shape index (κ3) is 3.32. The molecule has 1 aromatic carbocycles. The first-order valence-electron chi connectivity index (χ1n) is 7.05. The molecule has 1 aliphatic carbocycles. The Bertz CT molecular complexity index is 552. The summed E-state index contributed by atoms with van der Waals surface area (Å²) < 4.78 is 13.0. The lowest BCUT2D eigenvalue weighted by molar-refractivity contribution is -0.124. The van der Waals surface area contributed by atoms with Gasteiger partial charge in [-0.1, -0.05) is 25.7 Å². The Balaban J connectivity index is 2.21. The van der Waals surface area contributed by atoms with Crippen LogP contribution in [0.3, 0.4) is 0 Å². The number of phenols is 1. The minimum absolute atomic E-state index is 0.0961. The summed E-state index contributed by atoms with van der Waals surface area (Å²) in [5, 5.41) is 12.0. The lowest BCUT2D eigenvalue weighted by atomic mass is 9.89. The fourth-order valence-corrected chi connectivity index (χ4v) is 2.71. The Morgan fingerprint density at radius 2 is 1.81 bits per heavy atom. The summed E-state index contributed by atoms with van der Waals surface area (Å²) in [4.78, 5) is 24.1. The molecule has 0 radical (unpaired) electrons. The van der Waals surface area contributed by atoms with E-state index in [2.05, 4.69) is 5.32 Å². The van der Waals surface area contributed by atoms with E-state index < -0.39 is 28.9 Å². The zero-order valence-corrected chi connectivity index (χ0v) is 11.7. The van der Waals surface area contributed by atoms with Gasteiger partial charge in [0.1, 0.15) is 5.54 Å². The molecule has 21 heavy (non-hydrogen) atoms. The molecule has 0 aliphatic heterocycles. The molecular formula is C15H19FN2O3. The highest BCUT2D eigenvalue weighted by Gasteiger charge is 2.38. The van der Waals surface area contributed by atoms with E-state index in [1.807, 2.05) is 0 Å². The van der Waals surface area contributed by atoms with E-state index >= 15 is 0 Å². The van der Waals surface area contributed by atoms with Gasteiger partial charge in [-0.2, -0.15) is 0 Å². The van der Waals surface area contributed by atoms with Crippen molar-refractivity contribution in [2.24, 2.45) is 5.73 Å². The van der Waals surface area contributed by atoms with E-state index in [4.69, 9.17) is 5.73 Å². The number of amides is 2. The number of hydrogen-bond acceptors (Lipinski definition) is 3. The van der Waals surface area contributed by atoms with Crippen LogP contribution in [0.4, 0.5) is 4.39 Å². The first-order chi connectivity index (χ1) is 9.94. The standard InChI is InChI=1S/C15H19FN2O3/c16-11-6-5-10(9-12(11)19)13(20)18-15(14(17)21)7-3-1-2-4-8-15/h5-6,9,19H,1-4,7-8H2,(H2,17,21)(H,18,20). The summed E-state index contributed by atoms with van der Waals surface area (Å²) in [6.45, 7) is 0. The lowest BCUT2D eigenvalue weighted by Crippen LogP contribution is -2.57. The van der Waals surface area contributed by atoms with Crippen LogP contribution in [-0.2, 0) is 4.79 Å². The van der Waals surface area contributed by atoms with E-state index in [1.165, 1.54) is 6.07 Å². The van der Waals surface area contributed by atoms with Crippen molar-refractivity contribution in [3.05, 3.63) is 29.6 Å². The maximum atomic E-state index is 13.0. The van der Waals surface area contributed by atoms with E-state index in [0.717, 1.165) is 37.8 Å². The summed E-state index contributed by atoms with van der Waals surface area (Å²) in [5.41, 5.74) is 4.53. The van der Waals surface area contributed by atoms with Crippen LogP contribution in [0.25, 0.3) is 0 Å². The molecule has 5 nitrogen and oxygen atoms in total. The Morgan fingerprint density at radius 1 is 1.19 bits per heavy atom. The molecule has 2 amide bonds. The van der Waals surface area contributed by atoms with Crippen LogP contribution in [0.1, 0.15) is 48.9 Å². The molecule has 0 bridgehead atoms. The average Bonchev–Trinajstić information content (AvgIpc) is 2.68.